The van der Waals surface area contributed by atoms with Gasteiger partial charge in [0.05, 0.1) is 6.04 Å². The van der Waals surface area contributed by atoms with E-state index >= 15 is 0 Å². The van der Waals surface area contributed by atoms with Crippen LogP contribution < -0.4 is 10.5 Å². The third kappa shape index (κ3) is 4.86. The fraction of sp³-hybridized carbons (Fsp3) is 0.143. The van der Waals surface area contributed by atoms with Crippen molar-refractivity contribution in [2.75, 3.05) is 0 Å². The van der Waals surface area contributed by atoms with Gasteiger partial charge in [0, 0.05) is 10.0 Å². The quantitative estimate of drug-likeness (QED) is 0.740. The predicted octanol–water partition coefficient (Wildman–Crippen LogP) is 4.96. The van der Waals surface area contributed by atoms with Crippen LogP contribution in [0.4, 0.5) is 17.6 Å². The normalized spacial score (nSPS) is 12.5. The molecule has 0 bridgehead atoms. The van der Waals surface area contributed by atoms with Crippen LogP contribution in [0.15, 0.2) is 46.9 Å². The molecule has 2 aromatic rings. The number of hydrogen-bond donors (Lipinski definition) is 1. The molecular formula is C14H11BrClF4NO. The molecule has 0 amide bonds. The fourth-order valence-electron chi connectivity index (χ4n) is 1.81. The highest BCUT2D eigenvalue weighted by molar-refractivity contribution is 9.10. The van der Waals surface area contributed by atoms with Gasteiger partial charge in [-0.1, -0.05) is 28.1 Å². The van der Waals surface area contributed by atoms with Gasteiger partial charge in [0.2, 0.25) is 0 Å². The maximum Gasteiger partial charge on any atom is 0.573 e. The van der Waals surface area contributed by atoms with E-state index in [9.17, 15) is 17.6 Å². The third-order valence-electron chi connectivity index (χ3n) is 2.77. The molecule has 0 aromatic heterocycles. The van der Waals surface area contributed by atoms with Gasteiger partial charge in [-0.05, 0) is 35.9 Å². The van der Waals surface area contributed by atoms with Gasteiger partial charge < -0.3 is 10.5 Å². The Morgan fingerprint density at radius 3 is 2.18 bits per heavy atom. The van der Waals surface area contributed by atoms with Crippen LogP contribution in [-0.2, 0) is 0 Å². The van der Waals surface area contributed by atoms with E-state index in [1.165, 1.54) is 30.3 Å². The van der Waals surface area contributed by atoms with Crippen molar-refractivity contribution in [2.24, 2.45) is 5.73 Å². The molecule has 0 saturated carbocycles. The average molecular weight is 401 g/mol. The maximum atomic E-state index is 13.7. The first-order valence-corrected chi connectivity index (χ1v) is 6.62. The highest BCUT2D eigenvalue weighted by Gasteiger charge is 2.31. The summed E-state index contributed by atoms with van der Waals surface area (Å²) in [7, 11) is 0. The summed E-state index contributed by atoms with van der Waals surface area (Å²) in [6, 6.07) is 8.55. The van der Waals surface area contributed by atoms with Crippen molar-refractivity contribution >= 4 is 28.3 Å². The minimum absolute atomic E-state index is 0. The number of nitrogens with two attached hydrogens (primary N) is 1. The largest absolute Gasteiger partial charge is 0.573 e. The molecule has 2 N–H and O–H groups in total. The van der Waals surface area contributed by atoms with E-state index in [0.29, 0.717) is 10.0 Å². The Balaban J connectivity index is 0.00000242. The topological polar surface area (TPSA) is 35.2 Å². The zero-order valence-corrected chi connectivity index (χ0v) is 13.3. The summed E-state index contributed by atoms with van der Waals surface area (Å²) in [5.74, 6) is -0.838. The molecule has 0 aliphatic rings. The lowest BCUT2D eigenvalue weighted by molar-refractivity contribution is -0.274. The molecule has 0 fully saturated rings. The lowest BCUT2D eigenvalue weighted by Gasteiger charge is -2.15. The number of rotatable bonds is 3. The van der Waals surface area contributed by atoms with Gasteiger partial charge in [-0.25, -0.2) is 4.39 Å². The third-order valence-corrected chi connectivity index (χ3v) is 3.26. The van der Waals surface area contributed by atoms with Gasteiger partial charge in [-0.3, -0.25) is 0 Å². The second kappa shape index (κ2) is 7.30. The van der Waals surface area contributed by atoms with E-state index in [1.54, 1.807) is 0 Å². The SMILES string of the molecule is Cl.N[C@H](c1ccc(OC(F)(F)F)cc1)c1cc(Br)ccc1F. The van der Waals surface area contributed by atoms with E-state index in [1.807, 2.05) is 0 Å². The second-order valence-corrected chi connectivity index (χ2v) is 5.18. The Hall–Kier alpha value is -1.31. The van der Waals surface area contributed by atoms with Gasteiger partial charge in [0.25, 0.3) is 0 Å². The molecule has 1 atom stereocenters. The van der Waals surface area contributed by atoms with E-state index in [2.05, 4.69) is 20.7 Å². The van der Waals surface area contributed by atoms with Crippen molar-refractivity contribution in [2.45, 2.75) is 12.4 Å². The van der Waals surface area contributed by atoms with Gasteiger partial charge in [-0.15, -0.1) is 25.6 Å². The molecule has 2 rings (SSSR count). The van der Waals surface area contributed by atoms with Crippen molar-refractivity contribution in [3.8, 4) is 5.75 Å². The molecule has 8 heteroatoms. The van der Waals surface area contributed by atoms with E-state index < -0.39 is 18.2 Å². The first kappa shape index (κ1) is 18.7. The summed E-state index contributed by atoms with van der Waals surface area (Å²) in [5, 5.41) is 0. The smallest absolute Gasteiger partial charge is 0.406 e. The molecular weight excluding hydrogens is 390 g/mol. The number of alkyl halides is 3. The lowest BCUT2D eigenvalue weighted by atomic mass is 9.99. The van der Waals surface area contributed by atoms with Crippen molar-refractivity contribution < 1.29 is 22.3 Å². The van der Waals surface area contributed by atoms with Crippen molar-refractivity contribution in [1.29, 1.82) is 0 Å². The predicted molar refractivity (Wildman–Crippen MR) is 80.5 cm³/mol. The maximum absolute atomic E-state index is 13.7. The lowest BCUT2D eigenvalue weighted by Crippen LogP contribution is -2.17. The van der Waals surface area contributed by atoms with Crippen LogP contribution in [0.5, 0.6) is 5.75 Å². The van der Waals surface area contributed by atoms with Crippen LogP contribution in [0.25, 0.3) is 0 Å². The molecule has 0 spiro atoms. The van der Waals surface area contributed by atoms with E-state index in [4.69, 9.17) is 5.73 Å². The van der Waals surface area contributed by atoms with Gasteiger partial charge in [0.15, 0.2) is 0 Å². The molecule has 22 heavy (non-hydrogen) atoms. The molecule has 0 radical (unpaired) electrons. The van der Waals surface area contributed by atoms with Gasteiger partial charge in [-0.2, -0.15) is 0 Å². The first-order chi connectivity index (χ1) is 9.76. The van der Waals surface area contributed by atoms with Gasteiger partial charge >= 0.3 is 6.36 Å². The van der Waals surface area contributed by atoms with Crippen LogP contribution in [0.3, 0.4) is 0 Å². The monoisotopic (exact) mass is 399 g/mol. The number of ether oxygens (including phenoxy) is 1. The molecule has 2 nitrogen and oxygen atoms in total. The Bertz CT molecular complexity index is 634. The summed E-state index contributed by atoms with van der Waals surface area (Å²) in [5.41, 5.74) is 6.66. The zero-order valence-electron chi connectivity index (χ0n) is 10.9. The highest BCUT2D eigenvalue weighted by atomic mass is 79.9. The Morgan fingerprint density at radius 1 is 1.05 bits per heavy atom. The molecule has 0 aliphatic carbocycles. The van der Waals surface area contributed by atoms with E-state index in [0.717, 1.165) is 12.1 Å². The Kier molecular flexibility index (Phi) is 6.22. The molecule has 120 valence electrons. The standard InChI is InChI=1S/C14H10BrF4NO.ClH/c15-9-3-6-12(16)11(7-9)13(20)8-1-4-10(5-2-8)21-14(17,18)19;/h1-7,13H,20H2;1H/t13-;/m1./s1. The molecule has 0 heterocycles. The summed E-state index contributed by atoms with van der Waals surface area (Å²) < 4.78 is 54.3. The van der Waals surface area contributed by atoms with E-state index in [-0.39, 0.29) is 23.7 Å². The summed E-state index contributed by atoms with van der Waals surface area (Å²) in [4.78, 5) is 0. The Morgan fingerprint density at radius 2 is 1.64 bits per heavy atom. The van der Waals surface area contributed by atoms with Crippen LogP contribution in [-0.4, -0.2) is 6.36 Å². The minimum atomic E-state index is -4.75. The van der Waals surface area contributed by atoms with Gasteiger partial charge in [0.1, 0.15) is 11.6 Å². The average Bonchev–Trinajstić information content (AvgIpc) is 2.40. The van der Waals surface area contributed by atoms with Crippen molar-refractivity contribution in [3.63, 3.8) is 0 Å². The number of benzene rings is 2. The molecule has 2 aromatic carbocycles. The van der Waals surface area contributed by atoms with Crippen LogP contribution in [0.2, 0.25) is 0 Å². The molecule has 0 aliphatic heterocycles. The fourth-order valence-corrected chi connectivity index (χ4v) is 2.19. The second-order valence-electron chi connectivity index (χ2n) is 4.26. The summed E-state index contributed by atoms with van der Waals surface area (Å²) >= 11 is 3.21. The first-order valence-electron chi connectivity index (χ1n) is 5.82. The minimum Gasteiger partial charge on any atom is -0.406 e. The van der Waals surface area contributed by atoms with Crippen molar-refractivity contribution in [3.05, 3.63) is 63.9 Å². The highest BCUT2D eigenvalue weighted by Crippen LogP contribution is 2.28. The summed E-state index contributed by atoms with van der Waals surface area (Å²) in [6.07, 6.45) is -4.75. The van der Waals surface area contributed by atoms with Crippen molar-refractivity contribution in [1.82, 2.24) is 0 Å². The number of halogens is 6. The van der Waals surface area contributed by atoms with Crippen LogP contribution in [0, 0.1) is 5.82 Å². The molecule has 0 saturated heterocycles. The van der Waals surface area contributed by atoms with Crippen LogP contribution in [0.1, 0.15) is 17.2 Å². The Labute approximate surface area is 138 Å². The van der Waals surface area contributed by atoms with Crippen LogP contribution >= 0.6 is 28.3 Å². The number of hydrogen-bond acceptors (Lipinski definition) is 2. The summed E-state index contributed by atoms with van der Waals surface area (Å²) in [6.45, 7) is 0. The molecule has 0 unspecified atom stereocenters. The zero-order chi connectivity index (χ0) is 15.6.